The molecule has 4 heterocycles. The fourth-order valence-corrected chi connectivity index (χ4v) is 4.79. The van der Waals surface area contributed by atoms with Crippen molar-refractivity contribution in [2.75, 3.05) is 49.6 Å². The summed E-state index contributed by atoms with van der Waals surface area (Å²) in [6.45, 7) is 7.54. The fourth-order valence-electron chi connectivity index (χ4n) is 4.00. The summed E-state index contributed by atoms with van der Waals surface area (Å²) in [7, 11) is 1.83. The second kappa shape index (κ2) is 10.1. The van der Waals surface area contributed by atoms with Crippen LogP contribution in [0.25, 0.3) is 0 Å². The summed E-state index contributed by atoms with van der Waals surface area (Å²) in [5.41, 5.74) is 1.15. The minimum Gasteiger partial charge on any atom is -0.375 e. The van der Waals surface area contributed by atoms with E-state index in [0.29, 0.717) is 12.6 Å². The van der Waals surface area contributed by atoms with E-state index in [4.69, 9.17) is 4.74 Å². The van der Waals surface area contributed by atoms with E-state index < -0.39 is 0 Å². The number of pyridine rings is 1. The Balaban J connectivity index is 1.23. The van der Waals surface area contributed by atoms with Gasteiger partial charge in [0.2, 0.25) is 0 Å². The molecule has 0 spiro atoms. The lowest BCUT2D eigenvalue weighted by Gasteiger charge is -2.33. The minimum absolute atomic E-state index is 0.258. The van der Waals surface area contributed by atoms with Gasteiger partial charge in [-0.15, -0.1) is 11.3 Å². The lowest BCUT2D eigenvalue weighted by Crippen LogP contribution is -2.48. The van der Waals surface area contributed by atoms with Gasteiger partial charge in [-0.1, -0.05) is 6.07 Å². The molecule has 2 N–H and O–H groups in total. The molecule has 2 aromatic heterocycles. The van der Waals surface area contributed by atoms with Crippen LogP contribution >= 0.6 is 11.3 Å². The number of anilines is 2. The van der Waals surface area contributed by atoms with Crippen molar-refractivity contribution in [3.8, 4) is 0 Å². The largest absolute Gasteiger partial charge is 0.375 e. The first-order valence-electron chi connectivity index (χ1n) is 10.8. The zero-order chi connectivity index (χ0) is 20.8. The van der Waals surface area contributed by atoms with Crippen LogP contribution in [0.2, 0.25) is 0 Å². The van der Waals surface area contributed by atoms with E-state index >= 15 is 0 Å². The predicted molar refractivity (Wildman–Crippen MR) is 125 cm³/mol. The highest BCUT2D eigenvalue weighted by Crippen LogP contribution is 2.24. The average molecular weight is 429 g/mol. The van der Waals surface area contributed by atoms with Crippen LogP contribution in [0.1, 0.15) is 25.3 Å². The summed E-state index contributed by atoms with van der Waals surface area (Å²) < 4.78 is 5.62. The smallest absolute Gasteiger partial charge is 0.191 e. The molecule has 2 aliphatic heterocycles. The quantitative estimate of drug-likeness (QED) is 0.564. The maximum absolute atomic E-state index is 5.62. The molecule has 0 aromatic carbocycles. The summed E-state index contributed by atoms with van der Waals surface area (Å²) in [6, 6.07) is 9.03. The predicted octanol–water partition coefficient (Wildman–Crippen LogP) is 2.70. The first kappa shape index (κ1) is 20.9. The number of aromatic nitrogens is 1. The molecule has 0 bridgehead atoms. The molecular formula is C22H32N6OS. The maximum atomic E-state index is 5.62. The fraction of sp³-hybridized carbons (Fsp3) is 0.545. The zero-order valence-corrected chi connectivity index (χ0v) is 18.7. The van der Waals surface area contributed by atoms with Gasteiger partial charge in [-0.2, -0.15) is 0 Å². The van der Waals surface area contributed by atoms with E-state index in [2.05, 4.69) is 67.0 Å². The van der Waals surface area contributed by atoms with Crippen molar-refractivity contribution in [1.29, 1.82) is 0 Å². The van der Waals surface area contributed by atoms with E-state index in [1.54, 1.807) is 0 Å². The van der Waals surface area contributed by atoms with Gasteiger partial charge in [0.25, 0.3) is 0 Å². The third kappa shape index (κ3) is 5.43. The lowest BCUT2D eigenvalue weighted by molar-refractivity contribution is 0.0529. The molecule has 0 radical (unpaired) electrons. The molecule has 0 amide bonds. The minimum atomic E-state index is 0.258. The van der Waals surface area contributed by atoms with E-state index in [1.165, 1.54) is 5.00 Å². The molecule has 4 rings (SSSR count). The Hall–Kier alpha value is -2.32. The number of hydrogen-bond acceptors (Lipinski definition) is 6. The van der Waals surface area contributed by atoms with Crippen LogP contribution in [-0.4, -0.2) is 62.9 Å². The van der Waals surface area contributed by atoms with Crippen molar-refractivity contribution < 1.29 is 4.74 Å². The van der Waals surface area contributed by atoms with Crippen LogP contribution < -0.4 is 20.4 Å². The van der Waals surface area contributed by atoms with Crippen molar-refractivity contribution in [2.45, 2.75) is 38.5 Å². The van der Waals surface area contributed by atoms with Gasteiger partial charge in [0, 0.05) is 52.0 Å². The monoisotopic (exact) mass is 428 g/mol. The Morgan fingerprint density at radius 1 is 1.23 bits per heavy atom. The number of aliphatic imine (C=N–C) groups is 1. The van der Waals surface area contributed by atoms with Gasteiger partial charge < -0.3 is 25.2 Å². The number of piperidine rings is 1. The Labute approximate surface area is 183 Å². The molecule has 162 valence electrons. The Morgan fingerprint density at radius 3 is 2.77 bits per heavy atom. The number of guanidine groups is 1. The number of nitrogens with zero attached hydrogens (tertiary/aromatic N) is 4. The van der Waals surface area contributed by atoms with E-state index in [0.717, 1.165) is 63.0 Å². The molecule has 30 heavy (non-hydrogen) atoms. The topological polar surface area (TPSA) is 65.0 Å². The van der Waals surface area contributed by atoms with Crippen LogP contribution in [-0.2, 0) is 11.3 Å². The van der Waals surface area contributed by atoms with Crippen molar-refractivity contribution in [2.24, 2.45) is 4.99 Å². The zero-order valence-electron chi connectivity index (χ0n) is 17.9. The van der Waals surface area contributed by atoms with Crippen LogP contribution in [0, 0.1) is 0 Å². The summed E-state index contributed by atoms with van der Waals surface area (Å²) in [5.74, 6) is 1.88. The molecule has 0 aliphatic carbocycles. The summed E-state index contributed by atoms with van der Waals surface area (Å²) in [4.78, 5) is 13.8. The molecule has 1 atom stereocenters. The maximum Gasteiger partial charge on any atom is 0.191 e. The van der Waals surface area contributed by atoms with Gasteiger partial charge >= 0.3 is 0 Å². The van der Waals surface area contributed by atoms with E-state index in [1.807, 2.05) is 24.6 Å². The van der Waals surface area contributed by atoms with Crippen LogP contribution in [0.5, 0.6) is 0 Å². The van der Waals surface area contributed by atoms with Crippen LogP contribution in [0.3, 0.4) is 0 Å². The summed E-state index contributed by atoms with van der Waals surface area (Å²) in [6.07, 6.45) is 4.45. The van der Waals surface area contributed by atoms with E-state index in [-0.39, 0.29) is 6.10 Å². The van der Waals surface area contributed by atoms with Crippen molar-refractivity contribution in [3.05, 3.63) is 41.4 Å². The first-order valence-corrected chi connectivity index (χ1v) is 11.7. The second-order valence-electron chi connectivity index (χ2n) is 7.93. The van der Waals surface area contributed by atoms with Crippen molar-refractivity contribution in [3.63, 3.8) is 0 Å². The average Bonchev–Trinajstić information content (AvgIpc) is 3.32. The molecule has 1 unspecified atom stereocenters. The molecule has 0 saturated carbocycles. The van der Waals surface area contributed by atoms with Crippen LogP contribution in [0.15, 0.2) is 40.8 Å². The van der Waals surface area contributed by atoms with Gasteiger partial charge in [-0.25, -0.2) is 4.98 Å². The standard InChI is InChI=1S/C22H32N6OS/c1-17-16-28(11-12-29-17)20-6-5-18(14-24-20)15-25-22(23-2)26-19-7-9-27(10-8-19)21-4-3-13-30-21/h3-6,13-14,17,19H,7-12,15-16H2,1-2H3,(H2,23,25,26). The Bertz CT molecular complexity index is 802. The highest BCUT2D eigenvalue weighted by atomic mass is 32.1. The summed E-state index contributed by atoms with van der Waals surface area (Å²) >= 11 is 1.82. The third-order valence-electron chi connectivity index (χ3n) is 5.71. The van der Waals surface area contributed by atoms with Crippen LogP contribution in [0.4, 0.5) is 10.8 Å². The SMILES string of the molecule is CN=C(NCc1ccc(N2CCOC(C)C2)nc1)NC1CCN(c2cccs2)CC1. The molecule has 2 aliphatic rings. The molecule has 8 heteroatoms. The number of rotatable bonds is 5. The lowest BCUT2D eigenvalue weighted by atomic mass is 10.1. The molecule has 2 fully saturated rings. The highest BCUT2D eigenvalue weighted by molar-refractivity contribution is 7.14. The third-order valence-corrected chi connectivity index (χ3v) is 6.64. The molecule has 2 saturated heterocycles. The number of ether oxygens (including phenoxy) is 1. The highest BCUT2D eigenvalue weighted by Gasteiger charge is 2.21. The van der Waals surface area contributed by atoms with Gasteiger partial charge in [0.1, 0.15) is 5.82 Å². The molecule has 2 aromatic rings. The normalized spacial score (nSPS) is 21.0. The van der Waals surface area contributed by atoms with Crippen molar-refractivity contribution in [1.82, 2.24) is 15.6 Å². The number of hydrogen-bond donors (Lipinski definition) is 2. The molecular weight excluding hydrogens is 396 g/mol. The summed E-state index contributed by atoms with van der Waals surface area (Å²) in [5, 5.41) is 10.5. The van der Waals surface area contributed by atoms with Gasteiger partial charge in [-0.3, -0.25) is 4.99 Å². The van der Waals surface area contributed by atoms with E-state index in [9.17, 15) is 0 Å². The van der Waals surface area contributed by atoms with Gasteiger partial charge in [0.15, 0.2) is 5.96 Å². The number of thiophene rings is 1. The first-order chi connectivity index (χ1) is 14.7. The number of morpholine rings is 1. The van der Waals surface area contributed by atoms with Gasteiger partial charge in [-0.05, 0) is 48.9 Å². The second-order valence-corrected chi connectivity index (χ2v) is 8.86. The Kier molecular flexibility index (Phi) is 7.07. The van der Waals surface area contributed by atoms with Gasteiger partial charge in [0.05, 0.1) is 17.7 Å². The van der Waals surface area contributed by atoms with Crippen molar-refractivity contribution >= 4 is 28.1 Å². The number of nitrogens with one attached hydrogen (secondary N) is 2. The Morgan fingerprint density at radius 2 is 2.10 bits per heavy atom. The molecule has 7 nitrogen and oxygen atoms in total.